The Labute approximate surface area is 87.7 Å². The molecule has 14 heavy (non-hydrogen) atoms. The van der Waals surface area contributed by atoms with Gasteiger partial charge >= 0.3 is 0 Å². The first-order chi connectivity index (χ1) is 6.59. The zero-order valence-electron chi connectivity index (χ0n) is 8.73. The summed E-state index contributed by atoms with van der Waals surface area (Å²) in [6.07, 6.45) is 1.72. The summed E-state index contributed by atoms with van der Waals surface area (Å²) in [6.45, 7) is 6.02. The van der Waals surface area contributed by atoms with Crippen LogP contribution in [0.2, 0.25) is 0 Å². The van der Waals surface area contributed by atoms with E-state index in [0.717, 1.165) is 4.90 Å². The van der Waals surface area contributed by atoms with Crippen LogP contribution in [0.4, 0.5) is 0 Å². The van der Waals surface area contributed by atoms with Gasteiger partial charge in [0.05, 0.1) is 4.90 Å². The highest BCUT2D eigenvalue weighted by Gasteiger charge is 1.99. The molecule has 0 aromatic heterocycles. The van der Waals surface area contributed by atoms with Crippen molar-refractivity contribution in [3.63, 3.8) is 0 Å². The fraction of sp³-hybridized carbons (Fsp3) is 0.364. The first-order valence-corrected chi connectivity index (χ1v) is 5.73. The largest absolute Gasteiger partial charge is 0.230 e. The van der Waals surface area contributed by atoms with Crippen LogP contribution in [0.5, 0.6) is 0 Å². The summed E-state index contributed by atoms with van der Waals surface area (Å²) in [6, 6.07) is 7.59. The van der Waals surface area contributed by atoms with Gasteiger partial charge in [0.25, 0.3) is 0 Å². The molecule has 1 aromatic rings. The molecule has 0 amide bonds. The Bertz CT molecular complexity index is 341. The van der Waals surface area contributed by atoms with E-state index in [1.54, 1.807) is 6.21 Å². The van der Waals surface area contributed by atoms with Crippen LogP contribution in [0.1, 0.15) is 19.4 Å². The molecule has 1 atom stereocenters. The van der Waals surface area contributed by atoms with E-state index in [4.69, 9.17) is 0 Å². The second kappa shape index (κ2) is 5.05. The smallest absolute Gasteiger partial charge is 0.172 e. The quantitative estimate of drug-likeness (QED) is 0.704. The molecule has 0 N–H and O–H groups in total. The summed E-state index contributed by atoms with van der Waals surface area (Å²) in [5, 5.41) is 0. The van der Waals surface area contributed by atoms with E-state index in [1.165, 1.54) is 5.56 Å². The third kappa shape index (κ3) is 3.42. The van der Waals surface area contributed by atoms with Crippen LogP contribution in [0, 0.1) is 12.8 Å². The molecule has 0 saturated carbocycles. The second-order valence-corrected chi connectivity index (χ2v) is 4.74. The molecule has 1 rings (SSSR count). The first kappa shape index (κ1) is 11.1. The monoisotopic (exact) mass is 209 g/mol. The number of nitrogens with zero attached hydrogens (tertiary/aromatic N) is 1. The predicted molar refractivity (Wildman–Crippen MR) is 60.9 cm³/mol. The molecule has 0 bridgehead atoms. The van der Waals surface area contributed by atoms with Crippen molar-refractivity contribution in [1.29, 1.82) is 0 Å². The van der Waals surface area contributed by atoms with E-state index in [0.29, 0.717) is 5.92 Å². The van der Waals surface area contributed by atoms with Gasteiger partial charge in [-0.05, 0) is 25.0 Å². The van der Waals surface area contributed by atoms with Gasteiger partial charge in [-0.15, -0.1) is 0 Å². The van der Waals surface area contributed by atoms with Gasteiger partial charge in [0, 0.05) is 6.21 Å². The van der Waals surface area contributed by atoms with Gasteiger partial charge in [-0.1, -0.05) is 31.5 Å². The van der Waals surface area contributed by atoms with Gasteiger partial charge in [-0.25, -0.2) is 4.21 Å². The number of hydrogen-bond acceptors (Lipinski definition) is 1. The molecule has 0 aliphatic rings. The summed E-state index contributed by atoms with van der Waals surface area (Å²) in [5.41, 5.74) is 1.17. The lowest BCUT2D eigenvalue weighted by molar-refractivity contribution is 0.684. The molecule has 3 heteroatoms. The standard InChI is InChI=1S/C11H15NOS/c1-9(2)8-12-14(13)11-6-4-10(3)5-7-11/h4-9H,1-3H3/b12-8+. The van der Waals surface area contributed by atoms with Crippen molar-refractivity contribution in [3.05, 3.63) is 29.8 Å². The predicted octanol–water partition coefficient (Wildman–Crippen LogP) is 2.74. The van der Waals surface area contributed by atoms with E-state index in [1.807, 2.05) is 45.0 Å². The molecular weight excluding hydrogens is 194 g/mol. The molecule has 76 valence electrons. The van der Waals surface area contributed by atoms with E-state index < -0.39 is 11.0 Å². The highest BCUT2D eigenvalue weighted by Crippen LogP contribution is 2.08. The molecule has 0 heterocycles. The average Bonchev–Trinajstić information content (AvgIpc) is 2.15. The van der Waals surface area contributed by atoms with Gasteiger partial charge < -0.3 is 0 Å². The lowest BCUT2D eigenvalue weighted by Crippen LogP contribution is -1.92. The third-order valence-electron chi connectivity index (χ3n) is 1.68. The number of benzene rings is 1. The molecule has 0 fully saturated rings. The van der Waals surface area contributed by atoms with Crippen LogP contribution < -0.4 is 0 Å². The molecule has 0 aliphatic carbocycles. The van der Waals surface area contributed by atoms with Crippen molar-refractivity contribution in [2.75, 3.05) is 0 Å². The molecule has 1 unspecified atom stereocenters. The fourth-order valence-electron chi connectivity index (χ4n) is 0.893. The molecular formula is C11H15NOS. The Morgan fingerprint density at radius 2 is 1.86 bits per heavy atom. The molecule has 0 aliphatic heterocycles. The van der Waals surface area contributed by atoms with Crippen LogP contribution in [-0.2, 0) is 11.0 Å². The Hall–Kier alpha value is -0.960. The third-order valence-corrected chi connectivity index (χ3v) is 2.67. The SMILES string of the molecule is Cc1ccc(S(=O)/N=C/C(C)C)cc1. The van der Waals surface area contributed by atoms with E-state index in [-0.39, 0.29) is 0 Å². The van der Waals surface area contributed by atoms with Crippen molar-refractivity contribution >= 4 is 17.2 Å². The first-order valence-electron chi connectivity index (χ1n) is 4.62. The molecule has 2 nitrogen and oxygen atoms in total. The minimum Gasteiger partial charge on any atom is -0.230 e. The maximum absolute atomic E-state index is 11.6. The molecule has 0 radical (unpaired) electrons. The fourth-order valence-corrected chi connectivity index (χ4v) is 1.74. The minimum absolute atomic E-state index is 0.337. The maximum atomic E-state index is 11.6. The van der Waals surface area contributed by atoms with Crippen LogP contribution in [-0.4, -0.2) is 10.4 Å². The second-order valence-electron chi connectivity index (χ2n) is 3.56. The summed E-state index contributed by atoms with van der Waals surface area (Å²) in [4.78, 5) is 0.757. The highest BCUT2D eigenvalue weighted by atomic mass is 32.2. The molecule has 0 spiro atoms. The maximum Gasteiger partial charge on any atom is 0.172 e. The van der Waals surface area contributed by atoms with Crippen LogP contribution >= 0.6 is 0 Å². The number of hydrogen-bond donors (Lipinski definition) is 0. The average molecular weight is 209 g/mol. The summed E-state index contributed by atoms with van der Waals surface area (Å²) < 4.78 is 15.5. The van der Waals surface area contributed by atoms with Crippen LogP contribution in [0.15, 0.2) is 33.6 Å². The Balaban J connectivity index is 2.75. The van der Waals surface area contributed by atoms with Crippen molar-refractivity contribution in [1.82, 2.24) is 0 Å². The Morgan fingerprint density at radius 3 is 2.36 bits per heavy atom. The lowest BCUT2D eigenvalue weighted by atomic mass is 10.2. The Morgan fingerprint density at radius 1 is 1.29 bits per heavy atom. The van der Waals surface area contributed by atoms with Crippen molar-refractivity contribution < 1.29 is 4.21 Å². The van der Waals surface area contributed by atoms with Gasteiger partial charge in [0.2, 0.25) is 0 Å². The summed E-state index contributed by atoms with van der Waals surface area (Å²) >= 11 is 0. The van der Waals surface area contributed by atoms with Gasteiger partial charge in [0.1, 0.15) is 0 Å². The highest BCUT2D eigenvalue weighted by molar-refractivity contribution is 7.83. The van der Waals surface area contributed by atoms with Gasteiger partial charge in [-0.3, -0.25) is 0 Å². The summed E-state index contributed by atoms with van der Waals surface area (Å²) in [7, 11) is -1.24. The van der Waals surface area contributed by atoms with Crippen molar-refractivity contribution in [2.45, 2.75) is 25.7 Å². The summed E-state index contributed by atoms with van der Waals surface area (Å²) in [5.74, 6) is 0.337. The molecule has 0 saturated heterocycles. The zero-order valence-corrected chi connectivity index (χ0v) is 9.54. The van der Waals surface area contributed by atoms with Gasteiger partial charge in [0.15, 0.2) is 11.0 Å². The van der Waals surface area contributed by atoms with E-state index >= 15 is 0 Å². The van der Waals surface area contributed by atoms with Crippen LogP contribution in [0.25, 0.3) is 0 Å². The van der Waals surface area contributed by atoms with E-state index in [2.05, 4.69) is 4.40 Å². The van der Waals surface area contributed by atoms with Crippen LogP contribution in [0.3, 0.4) is 0 Å². The normalized spacial score (nSPS) is 13.7. The minimum atomic E-state index is -1.24. The number of aryl methyl sites for hydroxylation is 1. The Kier molecular flexibility index (Phi) is 4.01. The molecule has 1 aromatic carbocycles. The topological polar surface area (TPSA) is 29.4 Å². The van der Waals surface area contributed by atoms with Gasteiger partial charge in [-0.2, -0.15) is 4.40 Å². The van der Waals surface area contributed by atoms with Crippen molar-refractivity contribution in [2.24, 2.45) is 10.3 Å². The van der Waals surface area contributed by atoms with E-state index in [9.17, 15) is 4.21 Å². The lowest BCUT2D eigenvalue weighted by Gasteiger charge is -1.97. The zero-order chi connectivity index (χ0) is 10.6. The van der Waals surface area contributed by atoms with Crippen molar-refractivity contribution in [3.8, 4) is 0 Å². The number of rotatable bonds is 3.